The van der Waals surface area contributed by atoms with Crippen molar-refractivity contribution < 1.29 is 9.90 Å². The van der Waals surface area contributed by atoms with Crippen LogP contribution in [-0.4, -0.2) is 38.8 Å². The van der Waals surface area contributed by atoms with Gasteiger partial charge in [0.2, 0.25) is 0 Å². The minimum atomic E-state index is 0.0595. The molecule has 1 fully saturated rings. The molecule has 0 spiro atoms. The number of carbonyl (C=O) groups excluding carboxylic acids is 1. The lowest BCUT2D eigenvalue weighted by atomic mass is 9.99. The van der Waals surface area contributed by atoms with Gasteiger partial charge in [-0.1, -0.05) is 24.3 Å². The highest BCUT2D eigenvalue weighted by Crippen LogP contribution is 2.25. The fourth-order valence-corrected chi connectivity index (χ4v) is 3.59. The van der Waals surface area contributed by atoms with E-state index in [2.05, 4.69) is 5.10 Å². The summed E-state index contributed by atoms with van der Waals surface area (Å²) in [7, 11) is 0. The third kappa shape index (κ3) is 3.33. The molecule has 1 amide bonds. The van der Waals surface area contributed by atoms with Crippen LogP contribution in [0.1, 0.15) is 22.3 Å². The summed E-state index contributed by atoms with van der Waals surface area (Å²) in [4.78, 5) is 15.0. The van der Waals surface area contributed by atoms with Gasteiger partial charge in [0.25, 0.3) is 5.91 Å². The number of amides is 1. The van der Waals surface area contributed by atoms with Crippen molar-refractivity contribution in [1.82, 2.24) is 14.7 Å². The van der Waals surface area contributed by atoms with E-state index in [1.165, 1.54) is 5.56 Å². The van der Waals surface area contributed by atoms with Crippen molar-refractivity contribution in [2.75, 3.05) is 13.1 Å². The van der Waals surface area contributed by atoms with Crippen molar-refractivity contribution in [3.63, 3.8) is 0 Å². The minimum absolute atomic E-state index is 0.0595. The molecule has 1 aromatic heterocycles. The molecule has 26 heavy (non-hydrogen) atoms. The average Bonchev–Trinajstić information content (AvgIpc) is 3.35. The number of likely N-dealkylation sites (tertiary alicyclic amines) is 1. The van der Waals surface area contributed by atoms with E-state index in [0.717, 1.165) is 31.6 Å². The van der Waals surface area contributed by atoms with E-state index in [-0.39, 0.29) is 11.7 Å². The number of carbonyl (C=O) groups is 1. The van der Waals surface area contributed by atoms with Gasteiger partial charge in [-0.05, 0) is 54.7 Å². The van der Waals surface area contributed by atoms with Crippen LogP contribution < -0.4 is 0 Å². The van der Waals surface area contributed by atoms with Crippen molar-refractivity contribution in [3.8, 4) is 11.4 Å². The Morgan fingerprint density at radius 1 is 1.12 bits per heavy atom. The maximum absolute atomic E-state index is 13.1. The molecular weight excluding hydrogens is 326 g/mol. The molecule has 2 aromatic carbocycles. The zero-order chi connectivity index (χ0) is 17.9. The molecule has 1 N–H and O–H groups in total. The van der Waals surface area contributed by atoms with E-state index < -0.39 is 0 Å². The Labute approximate surface area is 152 Å². The molecule has 0 aliphatic carbocycles. The predicted octanol–water partition coefficient (Wildman–Crippen LogP) is 3.28. The third-order valence-electron chi connectivity index (χ3n) is 4.92. The van der Waals surface area contributed by atoms with Crippen molar-refractivity contribution in [2.24, 2.45) is 5.92 Å². The quantitative estimate of drug-likeness (QED) is 0.788. The zero-order valence-electron chi connectivity index (χ0n) is 14.5. The highest BCUT2D eigenvalue weighted by molar-refractivity contribution is 5.97. The molecule has 3 aromatic rings. The number of phenols is 1. The molecule has 5 heteroatoms. The summed E-state index contributed by atoms with van der Waals surface area (Å²) >= 11 is 0. The number of nitrogens with zero attached hydrogens (tertiary/aromatic N) is 3. The largest absolute Gasteiger partial charge is 0.508 e. The van der Waals surface area contributed by atoms with Gasteiger partial charge in [-0.2, -0.15) is 5.10 Å². The molecule has 4 rings (SSSR count). The zero-order valence-corrected chi connectivity index (χ0v) is 14.5. The molecule has 1 unspecified atom stereocenters. The lowest BCUT2D eigenvalue weighted by Gasteiger charge is -2.18. The van der Waals surface area contributed by atoms with Gasteiger partial charge in [-0.3, -0.25) is 4.79 Å². The Morgan fingerprint density at radius 3 is 2.69 bits per heavy atom. The Kier molecular flexibility index (Phi) is 4.44. The average molecular weight is 347 g/mol. The number of aromatic hydroxyl groups is 1. The predicted molar refractivity (Wildman–Crippen MR) is 99.4 cm³/mol. The second-order valence-corrected chi connectivity index (χ2v) is 6.74. The van der Waals surface area contributed by atoms with Crippen LogP contribution in [0.3, 0.4) is 0 Å². The molecule has 5 nitrogen and oxygen atoms in total. The van der Waals surface area contributed by atoms with Crippen LogP contribution in [0.25, 0.3) is 5.69 Å². The van der Waals surface area contributed by atoms with E-state index in [4.69, 9.17) is 0 Å². The number of hydrogen-bond acceptors (Lipinski definition) is 3. The van der Waals surface area contributed by atoms with Crippen molar-refractivity contribution >= 4 is 5.91 Å². The van der Waals surface area contributed by atoms with Gasteiger partial charge < -0.3 is 10.0 Å². The molecule has 0 radical (unpaired) electrons. The highest BCUT2D eigenvalue weighted by atomic mass is 16.3. The Hall–Kier alpha value is -3.08. The Balaban J connectivity index is 1.48. The van der Waals surface area contributed by atoms with Crippen LogP contribution >= 0.6 is 0 Å². The van der Waals surface area contributed by atoms with Crippen LogP contribution in [0.15, 0.2) is 67.0 Å². The van der Waals surface area contributed by atoms with Gasteiger partial charge in [0.1, 0.15) is 5.75 Å². The fourth-order valence-electron chi connectivity index (χ4n) is 3.59. The van der Waals surface area contributed by atoms with Gasteiger partial charge in [0, 0.05) is 25.5 Å². The molecule has 1 aliphatic heterocycles. The summed E-state index contributed by atoms with van der Waals surface area (Å²) in [6.45, 7) is 1.53. The molecule has 1 aliphatic rings. The van der Waals surface area contributed by atoms with Crippen LogP contribution in [0, 0.1) is 5.92 Å². The lowest BCUT2D eigenvalue weighted by molar-refractivity contribution is 0.0787. The summed E-state index contributed by atoms with van der Waals surface area (Å²) in [6.07, 6.45) is 5.48. The number of rotatable bonds is 4. The van der Waals surface area contributed by atoms with Gasteiger partial charge in [0.05, 0.1) is 11.3 Å². The normalized spacial score (nSPS) is 16.8. The molecular formula is C21H21N3O2. The minimum Gasteiger partial charge on any atom is -0.508 e. The van der Waals surface area contributed by atoms with Crippen LogP contribution in [0.4, 0.5) is 0 Å². The Morgan fingerprint density at radius 2 is 1.92 bits per heavy atom. The summed E-state index contributed by atoms with van der Waals surface area (Å²) in [5.41, 5.74) is 2.69. The SMILES string of the molecule is O=C(c1ccccc1-n1cccn1)N1CCC(Cc2ccc(O)cc2)C1. The van der Waals surface area contributed by atoms with Gasteiger partial charge in [-0.25, -0.2) is 4.68 Å². The van der Waals surface area contributed by atoms with E-state index in [1.807, 2.05) is 53.6 Å². The Bertz CT molecular complexity index is 888. The maximum Gasteiger partial charge on any atom is 0.256 e. The molecule has 1 atom stereocenters. The molecule has 0 saturated carbocycles. The summed E-state index contributed by atoms with van der Waals surface area (Å²) in [5, 5.41) is 13.7. The topological polar surface area (TPSA) is 58.4 Å². The lowest BCUT2D eigenvalue weighted by Crippen LogP contribution is -2.29. The fraction of sp³-hybridized carbons (Fsp3) is 0.238. The molecule has 1 saturated heterocycles. The van der Waals surface area contributed by atoms with E-state index >= 15 is 0 Å². The first kappa shape index (κ1) is 16.4. The van der Waals surface area contributed by atoms with Crippen LogP contribution in [-0.2, 0) is 6.42 Å². The van der Waals surface area contributed by atoms with Crippen molar-refractivity contribution in [1.29, 1.82) is 0 Å². The number of aromatic nitrogens is 2. The number of benzene rings is 2. The number of para-hydroxylation sites is 1. The third-order valence-corrected chi connectivity index (χ3v) is 4.92. The summed E-state index contributed by atoms with van der Waals surface area (Å²) in [6, 6.07) is 16.8. The second kappa shape index (κ2) is 7.04. The molecule has 132 valence electrons. The van der Waals surface area contributed by atoms with Crippen molar-refractivity contribution in [3.05, 3.63) is 78.1 Å². The van der Waals surface area contributed by atoms with Gasteiger partial charge >= 0.3 is 0 Å². The smallest absolute Gasteiger partial charge is 0.256 e. The molecule has 2 heterocycles. The van der Waals surface area contributed by atoms with Crippen LogP contribution in [0.2, 0.25) is 0 Å². The second-order valence-electron chi connectivity index (χ2n) is 6.74. The van der Waals surface area contributed by atoms with E-state index in [1.54, 1.807) is 23.0 Å². The standard InChI is InChI=1S/C21H21N3O2/c25-18-8-6-16(7-9-18)14-17-10-13-23(15-17)21(26)19-4-1-2-5-20(19)24-12-3-11-22-24/h1-9,11-12,17,25H,10,13-15H2. The number of phenolic OH excluding ortho intramolecular Hbond substituents is 1. The van der Waals surface area contributed by atoms with Crippen molar-refractivity contribution in [2.45, 2.75) is 12.8 Å². The number of hydrogen-bond donors (Lipinski definition) is 1. The first-order valence-electron chi connectivity index (χ1n) is 8.87. The van der Waals surface area contributed by atoms with Gasteiger partial charge in [-0.15, -0.1) is 0 Å². The summed E-state index contributed by atoms with van der Waals surface area (Å²) < 4.78 is 1.73. The maximum atomic E-state index is 13.1. The molecule has 0 bridgehead atoms. The first-order chi connectivity index (χ1) is 12.7. The summed E-state index contributed by atoms with van der Waals surface area (Å²) in [5.74, 6) is 0.789. The van der Waals surface area contributed by atoms with E-state index in [9.17, 15) is 9.90 Å². The first-order valence-corrected chi connectivity index (χ1v) is 8.87. The van der Waals surface area contributed by atoms with Crippen LogP contribution in [0.5, 0.6) is 5.75 Å². The van der Waals surface area contributed by atoms with E-state index in [0.29, 0.717) is 11.5 Å². The monoisotopic (exact) mass is 347 g/mol. The van der Waals surface area contributed by atoms with Gasteiger partial charge in [0.15, 0.2) is 0 Å². The highest BCUT2D eigenvalue weighted by Gasteiger charge is 2.28.